The van der Waals surface area contributed by atoms with Crippen molar-refractivity contribution < 1.29 is 23.0 Å². The van der Waals surface area contributed by atoms with Crippen LogP contribution in [0, 0.1) is 0 Å². The predicted octanol–water partition coefficient (Wildman–Crippen LogP) is 1.34. The lowest BCUT2D eigenvalue weighted by Crippen LogP contribution is -2.46. The molecule has 2 aliphatic heterocycles. The lowest BCUT2D eigenvalue weighted by molar-refractivity contribution is -0.143. The van der Waals surface area contributed by atoms with Gasteiger partial charge in [0, 0.05) is 51.7 Å². The van der Waals surface area contributed by atoms with Crippen LogP contribution in [0.3, 0.4) is 0 Å². The predicted molar refractivity (Wildman–Crippen MR) is 100 cm³/mol. The fourth-order valence-electron chi connectivity index (χ4n) is 3.00. The summed E-state index contributed by atoms with van der Waals surface area (Å²) in [5.74, 6) is 0.538. The van der Waals surface area contributed by atoms with Gasteiger partial charge in [-0.2, -0.15) is 13.2 Å². The van der Waals surface area contributed by atoms with E-state index in [1.807, 2.05) is 6.92 Å². The number of ether oxygens (including phenoxy) is 1. The van der Waals surface area contributed by atoms with E-state index < -0.39 is 18.3 Å². The Labute approximate surface area is 163 Å². The van der Waals surface area contributed by atoms with Gasteiger partial charge in [-0.15, -0.1) is 24.0 Å². The highest BCUT2D eigenvalue weighted by Crippen LogP contribution is 2.21. The molecule has 0 radical (unpaired) electrons. The summed E-state index contributed by atoms with van der Waals surface area (Å²) >= 11 is 0. The summed E-state index contributed by atoms with van der Waals surface area (Å²) in [6.45, 7) is 3.73. The SMILES string of the molecule is CCNC(=NCC1(O)CCOCC1)NC1CCN(CC(F)(F)F)C1.I. The van der Waals surface area contributed by atoms with E-state index in [9.17, 15) is 18.3 Å². The van der Waals surface area contributed by atoms with Gasteiger partial charge < -0.3 is 20.5 Å². The van der Waals surface area contributed by atoms with Crippen molar-refractivity contribution >= 4 is 29.9 Å². The molecule has 0 aromatic rings. The first-order chi connectivity index (χ1) is 11.3. The van der Waals surface area contributed by atoms with Crippen LogP contribution >= 0.6 is 24.0 Å². The molecule has 0 spiro atoms. The maximum absolute atomic E-state index is 12.5. The topological polar surface area (TPSA) is 69.1 Å². The molecule has 0 aromatic carbocycles. The zero-order valence-electron chi connectivity index (χ0n) is 14.4. The van der Waals surface area contributed by atoms with Gasteiger partial charge >= 0.3 is 6.18 Å². The summed E-state index contributed by atoms with van der Waals surface area (Å²) in [7, 11) is 0. The molecule has 2 heterocycles. The van der Waals surface area contributed by atoms with Crippen molar-refractivity contribution in [1.29, 1.82) is 0 Å². The standard InChI is InChI=1S/C15H27F3N4O2.HI/c1-2-19-13(20-10-14(23)4-7-24-8-5-14)21-12-3-6-22(9-12)11-15(16,17)18;/h12,23H,2-11H2,1H3,(H2,19,20,21);1H. The Morgan fingerprint density at radius 2 is 2.04 bits per heavy atom. The molecule has 148 valence electrons. The largest absolute Gasteiger partial charge is 0.401 e. The third-order valence-electron chi connectivity index (χ3n) is 4.32. The molecule has 2 rings (SSSR count). The molecule has 10 heteroatoms. The fraction of sp³-hybridized carbons (Fsp3) is 0.933. The first-order valence-electron chi connectivity index (χ1n) is 8.44. The second-order valence-electron chi connectivity index (χ2n) is 6.51. The first kappa shape index (κ1) is 22.7. The third-order valence-corrected chi connectivity index (χ3v) is 4.32. The van der Waals surface area contributed by atoms with E-state index in [4.69, 9.17) is 4.74 Å². The summed E-state index contributed by atoms with van der Waals surface area (Å²) in [4.78, 5) is 5.82. The highest BCUT2D eigenvalue weighted by molar-refractivity contribution is 14.0. The molecule has 1 atom stereocenters. The van der Waals surface area contributed by atoms with Crippen LogP contribution in [0.25, 0.3) is 0 Å². The van der Waals surface area contributed by atoms with E-state index in [0.717, 1.165) is 0 Å². The Morgan fingerprint density at radius 3 is 2.64 bits per heavy atom. The summed E-state index contributed by atoms with van der Waals surface area (Å²) in [5.41, 5.74) is -0.863. The molecule has 2 saturated heterocycles. The van der Waals surface area contributed by atoms with Gasteiger partial charge in [-0.1, -0.05) is 0 Å². The molecule has 6 nitrogen and oxygen atoms in total. The zero-order chi connectivity index (χ0) is 17.6. The number of hydrogen-bond donors (Lipinski definition) is 3. The molecular weight excluding hydrogens is 452 g/mol. The Morgan fingerprint density at radius 1 is 1.36 bits per heavy atom. The van der Waals surface area contributed by atoms with Crippen LogP contribution in [0.4, 0.5) is 13.2 Å². The molecule has 3 N–H and O–H groups in total. The average Bonchev–Trinajstić information content (AvgIpc) is 2.91. The molecular formula is C15H28F3IN4O2. The van der Waals surface area contributed by atoms with Crippen LogP contribution < -0.4 is 10.6 Å². The number of alkyl halides is 3. The summed E-state index contributed by atoms with van der Waals surface area (Å²) < 4.78 is 42.6. The van der Waals surface area contributed by atoms with Crippen molar-refractivity contribution in [2.75, 3.05) is 45.9 Å². The smallest absolute Gasteiger partial charge is 0.388 e. The van der Waals surface area contributed by atoms with Crippen molar-refractivity contribution in [2.24, 2.45) is 4.99 Å². The minimum Gasteiger partial charge on any atom is -0.388 e. The number of halogens is 4. The van der Waals surface area contributed by atoms with Gasteiger partial charge in [-0.25, -0.2) is 0 Å². The monoisotopic (exact) mass is 480 g/mol. The lowest BCUT2D eigenvalue weighted by atomic mass is 9.95. The van der Waals surface area contributed by atoms with E-state index in [1.54, 1.807) is 0 Å². The minimum absolute atomic E-state index is 0. The van der Waals surface area contributed by atoms with E-state index >= 15 is 0 Å². The zero-order valence-corrected chi connectivity index (χ0v) is 16.8. The lowest BCUT2D eigenvalue weighted by Gasteiger charge is -2.30. The van der Waals surface area contributed by atoms with Crippen molar-refractivity contribution in [1.82, 2.24) is 15.5 Å². The van der Waals surface area contributed by atoms with E-state index in [2.05, 4.69) is 15.6 Å². The van der Waals surface area contributed by atoms with Crippen molar-refractivity contribution in [3.8, 4) is 0 Å². The summed E-state index contributed by atoms with van der Waals surface area (Å²) in [6, 6.07) is -0.0746. The second-order valence-corrected chi connectivity index (χ2v) is 6.51. The summed E-state index contributed by atoms with van der Waals surface area (Å²) in [6.07, 6.45) is -2.45. The second kappa shape index (κ2) is 10.1. The van der Waals surface area contributed by atoms with Gasteiger partial charge in [0.05, 0.1) is 18.7 Å². The average molecular weight is 480 g/mol. The van der Waals surface area contributed by atoms with Gasteiger partial charge in [0.25, 0.3) is 0 Å². The van der Waals surface area contributed by atoms with Gasteiger partial charge in [0.15, 0.2) is 5.96 Å². The number of aliphatic hydroxyl groups is 1. The van der Waals surface area contributed by atoms with Crippen LogP contribution in [0.15, 0.2) is 4.99 Å². The number of likely N-dealkylation sites (tertiary alicyclic amines) is 1. The fourth-order valence-corrected chi connectivity index (χ4v) is 3.00. The molecule has 25 heavy (non-hydrogen) atoms. The molecule has 0 amide bonds. The third kappa shape index (κ3) is 8.27. The number of aliphatic imine (C=N–C) groups is 1. The van der Waals surface area contributed by atoms with Crippen LogP contribution in [-0.4, -0.2) is 79.7 Å². The molecule has 0 saturated carbocycles. The van der Waals surface area contributed by atoms with Crippen molar-refractivity contribution in [2.45, 2.75) is 44.0 Å². The van der Waals surface area contributed by atoms with E-state index in [1.165, 1.54) is 4.90 Å². The molecule has 0 aliphatic carbocycles. The molecule has 0 bridgehead atoms. The van der Waals surface area contributed by atoms with Crippen LogP contribution in [0.1, 0.15) is 26.2 Å². The van der Waals surface area contributed by atoms with E-state index in [0.29, 0.717) is 58.1 Å². The van der Waals surface area contributed by atoms with Crippen LogP contribution in [0.5, 0.6) is 0 Å². The minimum atomic E-state index is -4.17. The number of rotatable bonds is 5. The Balaban J connectivity index is 0.00000312. The highest BCUT2D eigenvalue weighted by Gasteiger charge is 2.34. The quantitative estimate of drug-likeness (QED) is 0.315. The maximum Gasteiger partial charge on any atom is 0.401 e. The van der Waals surface area contributed by atoms with Gasteiger partial charge in [-0.3, -0.25) is 9.89 Å². The van der Waals surface area contributed by atoms with Gasteiger partial charge in [0.1, 0.15) is 0 Å². The molecule has 2 fully saturated rings. The Bertz CT molecular complexity index is 431. The molecule has 0 aromatic heterocycles. The number of guanidine groups is 1. The maximum atomic E-state index is 12.5. The number of nitrogens with zero attached hydrogens (tertiary/aromatic N) is 2. The Hall–Kier alpha value is -0.330. The van der Waals surface area contributed by atoms with Crippen LogP contribution in [0.2, 0.25) is 0 Å². The first-order valence-corrected chi connectivity index (χ1v) is 8.44. The molecule has 2 aliphatic rings. The summed E-state index contributed by atoms with van der Waals surface area (Å²) in [5, 5.41) is 16.7. The number of nitrogens with one attached hydrogen (secondary N) is 2. The highest BCUT2D eigenvalue weighted by atomic mass is 127. The van der Waals surface area contributed by atoms with Crippen LogP contribution in [-0.2, 0) is 4.74 Å². The van der Waals surface area contributed by atoms with E-state index in [-0.39, 0.29) is 36.6 Å². The normalized spacial score (nSPS) is 24.7. The van der Waals surface area contributed by atoms with Gasteiger partial charge in [0.2, 0.25) is 0 Å². The van der Waals surface area contributed by atoms with Gasteiger partial charge in [-0.05, 0) is 13.3 Å². The van der Waals surface area contributed by atoms with Crippen molar-refractivity contribution in [3.05, 3.63) is 0 Å². The van der Waals surface area contributed by atoms with Crippen molar-refractivity contribution in [3.63, 3.8) is 0 Å². The number of hydrogen-bond acceptors (Lipinski definition) is 4. The molecule has 1 unspecified atom stereocenters. The Kier molecular flexibility index (Phi) is 9.19.